The Labute approximate surface area is 131 Å². The van der Waals surface area contributed by atoms with E-state index in [0.717, 1.165) is 48.4 Å². The fraction of sp³-hybridized carbons (Fsp3) is 0.588. The van der Waals surface area contributed by atoms with Gasteiger partial charge in [-0.15, -0.1) is 0 Å². The molecule has 0 spiro atoms. The summed E-state index contributed by atoms with van der Waals surface area (Å²) in [5, 5.41) is 4.55. The van der Waals surface area contributed by atoms with Crippen LogP contribution in [0.3, 0.4) is 0 Å². The van der Waals surface area contributed by atoms with E-state index in [-0.39, 0.29) is 5.54 Å². The molecule has 0 saturated carbocycles. The van der Waals surface area contributed by atoms with Crippen LogP contribution in [0.2, 0.25) is 5.02 Å². The standard InChI is InChI=1S/C17H24ClN3/c1-3-9-17(10-6-11-19-17)16-20-14-8-5-7-13(18)15(14)21(16)12-4-2/h5,7-8,19H,3-4,6,9-12H2,1-2H3. The Balaban J connectivity index is 2.21. The molecule has 4 heteroatoms. The van der Waals surface area contributed by atoms with Gasteiger partial charge in [0.1, 0.15) is 5.82 Å². The molecule has 3 rings (SSSR count). The van der Waals surface area contributed by atoms with Gasteiger partial charge >= 0.3 is 0 Å². The van der Waals surface area contributed by atoms with Crippen molar-refractivity contribution in [1.29, 1.82) is 0 Å². The average Bonchev–Trinajstić information content (AvgIpc) is 3.06. The van der Waals surface area contributed by atoms with E-state index in [1.807, 2.05) is 12.1 Å². The number of fused-ring (bicyclic) bond motifs is 1. The molecule has 1 aromatic heterocycles. The maximum atomic E-state index is 6.46. The van der Waals surface area contributed by atoms with Crippen LogP contribution in [0.15, 0.2) is 18.2 Å². The zero-order valence-electron chi connectivity index (χ0n) is 13.0. The first-order chi connectivity index (χ1) is 10.2. The Bertz CT molecular complexity index is 626. The van der Waals surface area contributed by atoms with Crippen molar-refractivity contribution in [3.63, 3.8) is 0 Å². The molecule has 2 aromatic rings. The number of halogens is 1. The molecular formula is C17H24ClN3. The second-order valence-electron chi connectivity index (χ2n) is 6.06. The lowest BCUT2D eigenvalue weighted by Gasteiger charge is -2.29. The Morgan fingerprint density at radius 3 is 2.86 bits per heavy atom. The molecule has 0 radical (unpaired) electrons. The van der Waals surface area contributed by atoms with Crippen LogP contribution in [-0.2, 0) is 12.1 Å². The second-order valence-corrected chi connectivity index (χ2v) is 6.46. The minimum Gasteiger partial charge on any atom is -0.325 e. The zero-order chi connectivity index (χ0) is 14.9. The molecule has 1 atom stereocenters. The van der Waals surface area contributed by atoms with Gasteiger partial charge in [-0.3, -0.25) is 0 Å². The summed E-state index contributed by atoms with van der Waals surface area (Å²) in [6.07, 6.45) is 5.79. The van der Waals surface area contributed by atoms with Crippen molar-refractivity contribution in [3.8, 4) is 0 Å². The predicted molar refractivity (Wildman–Crippen MR) is 88.9 cm³/mol. The molecule has 3 nitrogen and oxygen atoms in total. The van der Waals surface area contributed by atoms with Crippen LogP contribution in [0.4, 0.5) is 0 Å². The van der Waals surface area contributed by atoms with Crippen LogP contribution in [0.25, 0.3) is 11.0 Å². The lowest BCUT2D eigenvalue weighted by atomic mass is 9.91. The summed E-state index contributed by atoms with van der Waals surface area (Å²) in [4.78, 5) is 4.98. The van der Waals surface area contributed by atoms with E-state index >= 15 is 0 Å². The topological polar surface area (TPSA) is 29.9 Å². The van der Waals surface area contributed by atoms with E-state index in [4.69, 9.17) is 16.6 Å². The Morgan fingerprint density at radius 1 is 1.33 bits per heavy atom. The van der Waals surface area contributed by atoms with Crippen molar-refractivity contribution >= 4 is 22.6 Å². The highest BCUT2D eigenvalue weighted by atomic mass is 35.5. The van der Waals surface area contributed by atoms with E-state index in [9.17, 15) is 0 Å². The maximum Gasteiger partial charge on any atom is 0.130 e. The molecule has 1 aliphatic rings. The van der Waals surface area contributed by atoms with Gasteiger partial charge in [-0.1, -0.05) is 37.9 Å². The predicted octanol–water partition coefficient (Wildman–Crippen LogP) is 4.48. The highest BCUT2D eigenvalue weighted by Crippen LogP contribution is 2.37. The van der Waals surface area contributed by atoms with E-state index in [2.05, 4.69) is 29.8 Å². The quantitative estimate of drug-likeness (QED) is 0.882. The first kappa shape index (κ1) is 14.9. The summed E-state index contributed by atoms with van der Waals surface area (Å²) in [7, 11) is 0. The number of nitrogens with zero attached hydrogens (tertiary/aromatic N) is 2. The lowest BCUT2D eigenvalue weighted by Crippen LogP contribution is -2.39. The minimum absolute atomic E-state index is 0.0340. The molecule has 2 heterocycles. The average molecular weight is 306 g/mol. The largest absolute Gasteiger partial charge is 0.325 e. The molecule has 114 valence electrons. The summed E-state index contributed by atoms with van der Waals surface area (Å²) in [6, 6.07) is 6.04. The molecular weight excluding hydrogens is 282 g/mol. The number of nitrogens with one attached hydrogen (secondary N) is 1. The van der Waals surface area contributed by atoms with Crippen molar-refractivity contribution in [2.24, 2.45) is 0 Å². The van der Waals surface area contributed by atoms with Gasteiger partial charge < -0.3 is 9.88 Å². The number of hydrogen-bond donors (Lipinski definition) is 1. The summed E-state index contributed by atoms with van der Waals surface area (Å²) < 4.78 is 2.35. The number of benzene rings is 1. The van der Waals surface area contributed by atoms with E-state index < -0.39 is 0 Å². The normalized spacial score (nSPS) is 22.2. The lowest BCUT2D eigenvalue weighted by molar-refractivity contribution is 0.322. The van der Waals surface area contributed by atoms with Crippen molar-refractivity contribution in [2.45, 2.75) is 58.0 Å². The fourth-order valence-electron chi connectivity index (χ4n) is 3.70. The van der Waals surface area contributed by atoms with Gasteiger partial charge in [-0.05, 0) is 44.4 Å². The number of aryl methyl sites for hydroxylation is 1. The van der Waals surface area contributed by atoms with Crippen LogP contribution in [-0.4, -0.2) is 16.1 Å². The zero-order valence-corrected chi connectivity index (χ0v) is 13.7. The number of aromatic nitrogens is 2. The molecule has 21 heavy (non-hydrogen) atoms. The third-order valence-electron chi connectivity index (χ3n) is 4.51. The first-order valence-corrected chi connectivity index (χ1v) is 8.50. The first-order valence-electron chi connectivity index (χ1n) is 8.12. The number of para-hydroxylation sites is 1. The highest BCUT2D eigenvalue weighted by Gasteiger charge is 2.39. The van der Waals surface area contributed by atoms with E-state index in [0.29, 0.717) is 0 Å². The molecule has 0 bridgehead atoms. The van der Waals surface area contributed by atoms with Crippen molar-refractivity contribution in [2.75, 3.05) is 6.54 Å². The number of hydrogen-bond acceptors (Lipinski definition) is 2. The van der Waals surface area contributed by atoms with Crippen molar-refractivity contribution < 1.29 is 0 Å². The third-order valence-corrected chi connectivity index (χ3v) is 4.82. The van der Waals surface area contributed by atoms with Crippen molar-refractivity contribution in [1.82, 2.24) is 14.9 Å². The van der Waals surface area contributed by atoms with Gasteiger partial charge in [0.15, 0.2) is 0 Å². The number of rotatable bonds is 5. The highest BCUT2D eigenvalue weighted by molar-refractivity contribution is 6.35. The Morgan fingerprint density at radius 2 is 2.19 bits per heavy atom. The van der Waals surface area contributed by atoms with E-state index in [1.54, 1.807) is 0 Å². The Hall–Kier alpha value is -1.06. The van der Waals surface area contributed by atoms with Gasteiger partial charge in [-0.25, -0.2) is 4.98 Å². The summed E-state index contributed by atoms with van der Waals surface area (Å²) in [6.45, 7) is 6.52. The molecule has 1 aliphatic heterocycles. The van der Waals surface area contributed by atoms with Gasteiger partial charge in [0.05, 0.1) is 21.6 Å². The monoisotopic (exact) mass is 305 g/mol. The molecule has 1 aromatic carbocycles. The van der Waals surface area contributed by atoms with Crippen LogP contribution in [0.1, 0.15) is 51.8 Å². The van der Waals surface area contributed by atoms with Gasteiger partial charge in [0.2, 0.25) is 0 Å². The molecule has 1 unspecified atom stereocenters. The summed E-state index contributed by atoms with van der Waals surface area (Å²) >= 11 is 6.46. The van der Waals surface area contributed by atoms with Crippen LogP contribution in [0.5, 0.6) is 0 Å². The van der Waals surface area contributed by atoms with Crippen LogP contribution < -0.4 is 5.32 Å². The summed E-state index contributed by atoms with van der Waals surface area (Å²) in [5.41, 5.74) is 2.15. The molecule has 0 aliphatic carbocycles. The molecule has 0 amide bonds. The fourth-order valence-corrected chi connectivity index (χ4v) is 3.97. The van der Waals surface area contributed by atoms with Gasteiger partial charge in [-0.2, -0.15) is 0 Å². The second kappa shape index (κ2) is 5.98. The Kier molecular flexibility index (Phi) is 4.23. The minimum atomic E-state index is 0.0340. The van der Waals surface area contributed by atoms with Crippen LogP contribution >= 0.6 is 11.6 Å². The van der Waals surface area contributed by atoms with Crippen molar-refractivity contribution in [3.05, 3.63) is 29.0 Å². The van der Waals surface area contributed by atoms with Crippen LogP contribution in [0, 0.1) is 0 Å². The molecule has 1 fully saturated rings. The number of imidazole rings is 1. The van der Waals surface area contributed by atoms with E-state index in [1.165, 1.54) is 18.7 Å². The SMILES string of the molecule is CCCn1c(C2(CCC)CCCN2)nc2cccc(Cl)c21. The van der Waals surface area contributed by atoms with Gasteiger partial charge in [0, 0.05) is 6.54 Å². The maximum absolute atomic E-state index is 6.46. The smallest absolute Gasteiger partial charge is 0.130 e. The molecule has 1 saturated heterocycles. The summed E-state index contributed by atoms with van der Waals surface area (Å²) in [5.74, 6) is 1.19. The van der Waals surface area contributed by atoms with Gasteiger partial charge in [0.25, 0.3) is 0 Å². The third kappa shape index (κ3) is 2.47. The molecule has 1 N–H and O–H groups in total.